The maximum absolute atomic E-state index is 12.4. The zero-order valence-electron chi connectivity index (χ0n) is 12.3. The van der Waals surface area contributed by atoms with Crippen molar-refractivity contribution >= 4 is 58.3 Å². The van der Waals surface area contributed by atoms with E-state index in [4.69, 9.17) is 51.1 Å². The molecule has 1 aromatic rings. The first-order valence-corrected chi connectivity index (χ1v) is 8.17. The fourth-order valence-corrected chi connectivity index (χ4v) is 1.96. The number of benzene rings is 1. The number of hydrogen-bond donors (Lipinski definition) is 0. The molecule has 0 N–H and O–H groups in total. The fourth-order valence-electron chi connectivity index (χ4n) is 1.67. The molecule has 0 fully saturated rings. The summed E-state index contributed by atoms with van der Waals surface area (Å²) in [6, 6.07) is 6.25. The number of halogens is 4. The van der Waals surface area contributed by atoms with Crippen LogP contribution in [0.5, 0.6) is 0 Å². The topological polar surface area (TPSA) is 46.6 Å². The van der Waals surface area contributed by atoms with Gasteiger partial charge in [0.05, 0.1) is 5.70 Å². The minimum Gasteiger partial charge on any atom is -0.445 e. The number of alkyl halides is 3. The zero-order valence-corrected chi connectivity index (χ0v) is 15.3. The summed E-state index contributed by atoms with van der Waals surface area (Å²) in [5.74, 6) is -0.416. The lowest BCUT2D eigenvalue weighted by atomic mass is 10.1. The van der Waals surface area contributed by atoms with E-state index in [9.17, 15) is 9.59 Å². The van der Waals surface area contributed by atoms with E-state index >= 15 is 0 Å². The molecule has 1 rings (SSSR count). The average Bonchev–Trinajstić information content (AvgIpc) is 2.49. The second-order valence-corrected chi connectivity index (χ2v) is 7.56. The summed E-state index contributed by atoms with van der Waals surface area (Å²) in [5, 5.41) is 0.500. The van der Waals surface area contributed by atoms with E-state index in [1.165, 1.54) is 0 Å². The van der Waals surface area contributed by atoms with Crippen molar-refractivity contribution < 1.29 is 14.3 Å². The number of carbonyl (C=O) groups excluding carboxylic acids is 2. The molecular weight excluding hydrogens is 384 g/mol. The molecule has 0 aliphatic carbocycles. The van der Waals surface area contributed by atoms with Crippen LogP contribution in [-0.4, -0.2) is 33.7 Å². The molecule has 0 aromatic heterocycles. The highest BCUT2D eigenvalue weighted by Crippen LogP contribution is 2.26. The van der Waals surface area contributed by atoms with Crippen LogP contribution in [0.2, 0.25) is 5.02 Å². The minimum atomic E-state index is -1.73. The van der Waals surface area contributed by atoms with Gasteiger partial charge in [-0.25, -0.2) is 4.79 Å². The van der Waals surface area contributed by atoms with Crippen LogP contribution in [0.1, 0.15) is 23.7 Å². The molecule has 0 atom stereocenters. The Labute approximate surface area is 154 Å². The van der Waals surface area contributed by atoms with Crippen molar-refractivity contribution in [1.29, 1.82) is 0 Å². The van der Waals surface area contributed by atoms with E-state index in [0.717, 1.165) is 4.90 Å². The summed E-state index contributed by atoms with van der Waals surface area (Å²) in [7, 11) is 0. The van der Waals surface area contributed by atoms with Crippen LogP contribution >= 0.6 is 46.4 Å². The van der Waals surface area contributed by atoms with Crippen molar-refractivity contribution in [3.05, 3.63) is 47.1 Å². The van der Waals surface area contributed by atoms with Gasteiger partial charge in [-0.1, -0.05) is 59.9 Å². The molecule has 0 radical (unpaired) electrons. The van der Waals surface area contributed by atoms with Gasteiger partial charge < -0.3 is 4.74 Å². The highest BCUT2D eigenvalue weighted by atomic mass is 35.6. The van der Waals surface area contributed by atoms with Crippen molar-refractivity contribution in [2.45, 2.75) is 17.1 Å². The van der Waals surface area contributed by atoms with Gasteiger partial charge in [0.2, 0.25) is 9.58 Å². The van der Waals surface area contributed by atoms with Gasteiger partial charge in [-0.3, -0.25) is 9.69 Å². The van der Waals surface area contributed by atoms with Gasteiger partial charge >= 0.3 is 6.09 Å². The molecule has 8 heteroatoms. The first-order valence-electron chi connectivity index (χ1n) is 6.66. The van der Waals surface area contributed by atoms with Crippen molar-refractivity contribution in [2.24, 2.45) is 0 Å². The van der Waals surface area contributed by atoms with E-state index in [1.54, 1.807) is 24.3 Å². The standard InChI is InChI=1S/C15H15Cl4NO3/c1-3-8-20(14(22)23-9-15(17,18)19)10(2)13(21)11-4-6-12(16)7-5-11/h4-7H,2-3,8-9H2,1H3. The highest BCUT2D eigenvalue weighted by Gasteiger charge is 2.27. The number of rotatable bonds is 6. The maximum atomic E-state index is 12.4. The second kappa shape index (κ2) is 8.78. The summed E-state index contributed by atoms with van der Waals surface area (Å²) in [6.07, 6.45) is -0.207. The molecule has 0 aliphatic rings. The van der Waals surface area contributed by atoms with Crippen LogP contribution in [0.15, 0.2) is 36.5 Å². The summed E-state index contributed by atoms with van der Waals surface area (Å²) in [5.41, 5.74) is 0.332. The number of amides is 1. The lowest BCUT2D eigenvalue weighted by molar-refractivity contribution is 0.0926. The van der Waals surface area contributed by atoms with Crippen molar-refractivity contribution in [3.63, 3.8) is 0 Å². The Hall–Kier alpha value is -0.940. The number of Topliss-reactive ketones (excluding diaryl/α,β-unsaturated/α-hetero) is 1. The quantitative estimate of drug-likeness (QED) is 0.373. The molecular formula is C15H15Cl4NO3. The Morgan fingerprint density at radius 1 is 1.22 bits per heavy atom. The summed E-state index contributed by atoms with van der Waals surface area (Å²) < 4.78 is 3.18. The monoisotopic (exact) mass is 397 g/mol. The molecule has 4 nitrogen and oxygen atoms in total. The Bertz CT molecular complexity index is 581. The molecule has 1 amide bonds. The summed E-state index contributed by atoms with van der Waals surface area (Å²) in [6.45, 7) is 5.34. The van der Waals surface area contributed by atoms with Crippen LogP contribution in [0.4, 0.5) is 4.79 Å². The van der Waals surface area contributed by atoms with Crippen LogP contribution in [0.3, 0.4) is 0 Å². The van der Waals surface area contributed by atoms with Crippen LogP contribution in [0, 0.1) is 0 Å². The molecule has 0 unspecified atom stereocenters. The Kier molecular flexibility index (Phi) is 7.68. The number of carbonyl (C=O) groups is 2. The third-order valence-corrected chi connectivity index (χ3v) is 3.30. The Morgan fingerprint density at radius 2 is 1.78 bits per heavy atom. The SMILES string of the molecule is C=C(C(=O)c1ccc(Cl)cc1)N(CCC)C(=O)OCC(Cl)(Cl)Cl. The van der Waals surface area contributed by atoms with Gasteiger partial charge in [0.15, 0.2) is 0 Å². The van der Waals surface area contributed by atoms with Gasteiger partial charge in [-0.05, 0) is 30.7 Å². The molecule has 1 aromatic carbocycles. The summed E-state index contributed by atoms with van der Waals surface area (Å²) >= 11 is 22.4. The van der Waals surface area contributed by atoms with Crippen LogP contribution in [-0.2, 0) is 4.74 Å². The summed E-state index contributed by atoms with van der Waals surface area (Å²) in [4.78, 5) is 25.6. The van der Waals surface area contributed by atoms with Crippen LogP contribution < -0.4 is 0 Å². The molecule has 0 saturated carbocycles. The van der Waals surface area contributed by atoms with E-state index < -0.39 is 22.3 Å². The molecule has 0 saturated heterocycles. The predicted molar refractivity (Wildman–Crippen MR) is 93.6 cm³/mol. The normalized spacial score (nSPS) is 11.0. The Morgan fingerprint density at radius 3 is 2.26 bits per heavy atom. The molecule has 23 heavy (non-hydrogen) atoms. The number of ketones is 1. The predicted octanol–water partition coefficient (Wildman–Crippen LogP) is 5.26. The highest BCUT2D eigenvalue weighted by molar-refractivity contribution is 6.67. The van der Waals surface area contributed by atoms with Gasteiger partial charge in [0, 0.05) is 17.1 Å². The van der Waals surface area contributed by atoms with E-state index in [-0.39, 0.29) is 12.2 Å². The third-order valence-electron chi connectivity index (χ3n) is 2.72. The molecule has 126 valence electrons. The number of ether oxygens (including phenoxy) is 1. The fraction of sp³-hybridized carbons (Fsp3) is 0.333. The number of allylic oxidation sites excluding steroid dienone is 1. The third kappa shape index (κ3) is 6.60. The maximum Gasteiger partial charge on any atom is 0.414 e. The zero-order chi connectivity index (χ0) is 17.6. The lowest BCUT2D eigenvalue weighted by Gasteiger charge is -2.23. The van der Waals surface area contributed by atoms with Crippen LogP contribution in [0.25, 0.3) is 0 Å². The second-order valence-electron chi connectivity index (χ2n) is 4.60. The van der Waals surface area contributed by atoms with E-state index in [0.29, 0.717) is 17.0 Å². The first-order chi connectivity index (χ1) is 10.7. The smallest absolute Gasteiger partial charge is 0.414 e. The van der Waals surface area contributed by atoms with Crippen molar-refractivity contribution in [3.8, 4) is 0 Å². The average molecular weight is 399 g/mol. The minimum absolute atomic E-state index is 0.0245. The lowest BCUT2D eigenvalue weighted by Crippen LogP contribution is -2.36. The molecule has 0 bridgehead atoms. The largest absolute Gasteiger partial charge is 0.445 e. The van der Waals surface area contributed by atoms with Gasteiger partial charge in [-0.15, -0.1) is 0 Å². The van der Waals surface area contributed by atoms with Gasteiger partial charge in [0.1, 0.15) is 6.61 Å². The Balaban J connectivity index is 2.86. The van der Waals surface area contributed by atoms with Crippen molar-refractivity contribution in [1.82, 2.24) is 4.90 Å². The van der Waals surface area contributed by atoms with E-state index in [2.05, 4.69) is 6.58 Å². The van der Waals surface area contributed by atoms with Gasteiger partial charge in [0.25, 0.3) is 0 Å². The van der Waals surface area contributed by atoms with Gasteiger partial charge in [-0.2, -0.15) is 0 Å². The van der Waals surface area contributed by atoms with Crippen molar-refractivity contribution in [2.75, 3.05) is 13.2 Å². The molecule has 0 spiro atoms. The first kappa shape index (κ1) is 20.1. The molecule has 0 aliphatic heterocycles. The number of nitrogens with zero attached hydrogens (tertiary/aromatic N) is 1. The van der Waals surface area contributed by atoms with E-state index in [1.807, 2.05) is 6.92 Å². The number of hydrogen-bond acceptors (Lipinski definition) is 3. The molecule has 0 heterocycles.